The second-order valence-corrected chi connectivity index (χ2v) is 3.06. The molecule has 14 heavy (non-hydrogen) atoms. The summed E-state index contributed by atoms with van der Waals surface area (Å²) < 4.78 is 64.0. The topological polar surface area (TPSA) is 52.6 Å². The normalized spacial score (nSPS) is 63.4. The van der Waals surface area contributed by atoms with Crippen molar-refractivity contribution in [3.63, 3.8) is 0 Å². The summed E-state index contributed by atoms with van der Waals surface area (Å²) in [5.41, 5.74) is -0.757. The largest absolute Gasteiger partial charge is 0.478 e. The number of rotatable bonds is 1. The standard InChI is InChI=1S/C10H16N2O2/c1-6-5-7(2)12-4-3-8(10(13)14)9(12)11-6/h6-7,11H,3-5H2,1-2H3,(H,13,14)/i3D,4D2,5D2,6D,7D/hD. The van der Waals surface area contributed by atoms with E-state index in [1.54, 1.807) is 0 Å². The molecule has 0 bridgehead atoms. The second-order valence-electron chi connectivity index (χ2n) is 3.06. The van der Waals surface area contributed by atoms with Crippen molar-refractivity contribution in [1.82, 2.24) is 10.2 Å². The van der Waals surface area contributed by atoms with Gasteiger partial charge in [0.1, 0.15) is 5.82 Å². The number of carboxylic acid groups (broad SMARTS) is 1. The number of carbonyl (C=O) groups is 1. The Bertz CT molecular complexity index is 573. The molecule has 3 atom stereocenters. The molecular formula is C10H16N2O2. The summed E-state index contributed by atoms with van der Waals surface area (Å²) >= 11 is 0. The molecule has 2 aliphatic heterocycles. The number of aliphatic carboxylic acids is 1. The number of hydrogen-bond acceptors (Lipinski definition) is 3. The molecule has 0 radical (unpaired) electrons. The summed E-state index contributed by atoms with van der Waals surface area (Å²) in [5, 5.41) is 9.49. The maximum atomic E-state index is 11.4. The summed E-state index contributed by atoms with van der Waals surface area (Å²) in [5.74, 6) is -2.25. The fourth-order valence-electron chi connectivity index (χ4n) is 1.40. The average Bonchev–Trinajstić information content (AvgIpc) is 2.54. The van der Waals surface area contributed by atoms with Crippen LogP contribution in [0.1, 0.15) is 36.2 Å². The molecule has 1 fully saturated rings. The van der Waals surface area contributed by atoms with E-state index in [0.29, 0.717) is 4.90 Å². The van der Waals surface area contributed by atoms with Crippen molar-refractivity contribution in [3.8, 4) is 0 Å². The molecule has 2 aliphatic rings. The van der Waals surface area contributed by atoms with Crippen molar-refractivity contribution in [2.75, 3.05) is 6.50 Å². The number of nitrogens with zero attached hydrogens (tertiary/aromatic N) is 1. The first kappa shape index (κ1) is 3.76. The SMILES string of the molecule is [2H]C1C(C(=O)O)=C2N([2H])C([2H])(C)C([2H])([2H])C([2H])(C)N2C1([2H])[2H]. The fraction of sp³-hybridized carbons (Fsp3) is 0.700. The van der Waals surface area contributed by atoms with Crippen LogP contribution in [0.2, 0.25) is 1.41 Å². The van der Waals surface area contributed by atoms with Gasteiger partial charge in [-0.15, -0.1) is 0 Å². The van der Waals surface area contributed by atoms with Gasteiger partial charge < -0.3 is 15.3 Å². The molecule has 0 spiro atoms. The van der Waals surface area contributed by atoms with Crippen LogP contribution in [0.15, 0.2) is 11.4 Å². The first-order valence-electron chi connectivity index (χ1n) is 8.15. The van der Waals surface area contributed by atoms with Gasteiger partial charge in [-0.1, -0.05) is 0 Å². The Balaban J connectivity index is 2.85. The quantitative estimate of drug-likeness (QED) is 0.662. The van der Waals surface area contributed by atoms with E-state index in [0.717, 1.165) is 13.8 Å². The van der Waals surface area contributed by atoms with Gasteiger partial charge in [0.25, 0.3) is 0 Å². The van der Waals surface area contributed by atoms with Gasteiger partial charge in [0.05, 0.1) is 8.31 Å². The Morgan fingerprint density at radius 3 is 3.21 bits per heavy atom. The highest BCUT2D eigenvalue weighted by molar-refractivity contribution is 5.88. The van der Waals surface area contributed by atoms with Gasteiger partial charge in [0, 0.05) is 31.8 Å². The third-order valence-electron chi connectivity index (χ3n) is 1.99. The van der Waals surface area contributed by atoms with Gasteiger partial charge in [-0.25, -0.2) is 4.79 Å². The molecule has 4 heteroatoms. The lowest BCUT2D eigenvalue weighted by Crippen LogP contribution is -2.47. The Morgan fingerprint density at radius 2 is 2.57 bits per heavy atom. The molecule has 4 nitrogen and oxygen atoms in total. The first-order chi connectivity index (χ1) is 9.63. The zero-order chi connectivity index (χ0) is 17.5. The van der Waals surface area contributed by atoms with Gasteiger partial charge in [0.15, 0.2) is 1.41 Å². The summed E-state index contributed by atoms with van der Waals surface area (Å²) in [6, 6.07) is -4.72. The zero-order valence-electron chi connectivity index (χ0n) is 15.8. The predicted molar refractivity (Wildman–Crippen MR) is 52.7 cm³/mol. The number of fused-ring (bicyclic) bond motifs is 1. The molecule has 1 saturated heterocycles. The predicted octanol–water partition coefficient (Wildman–Crippen LogP) is 0.759. The minimum Gasteiger partial charge on any atom is -0.478 e. The van der Waals surface area contributed by atoms with Gasteiger partial charge in [0.2, 0.25) is 0 Å². The molecule has 2 N–H and O–H groups in total. The van der Waals surface area contributed by atoms with Gasteiger partial charge in [-0.2, -0.15) is 0 Å². The van der Waals surface area contributed by atoms with Crippen LogP contribution in [-0.2, 0) is 4.79 Å². The Hall–Kier alpha value is -1.19. The lowest BCUT2D eigenvalue weighted by Gasteiger charge is -2.38. The molecule has 0 aliphatic carbocycles. The van der Waals surface area contributed by atoms with Crippen LogP contribution in [0, 0.1) is 0 Å². The maximum absolute atomic E-state index is 11.4. The van der Waals surface area contributed by atoms with Gasteiger partial charge in [-0.3, -0.25) is 0 Å². The summed E-state index contributed by atoms with van der Waals surface area (Å²) in [4.78, 5) is 11.9. The minimum absolute atomic E-state index is 0.249. The number of hydrogen-bond donors (Lipinski definition) is 2. The molecule has 0 saturated carbocycles. The lowest BCUT2D eigenvalue weighted by molar-refractivity contribution is -0.132. The van der Waals surface area contributed by atoms with E-state index in [2.05, 4.69) is 0 Å². The monoisotopic (exact) mass is 204 g/mol. The second kappa shape index (κ2) is 3.19. The lowest BCUT2D eigenvalue weighted by atomic mass is 10.1. The molecule has 2 heterocycles. The van der Waals surface area contributed by atoms with Crippen LogP contribution < -0.4 is 5.31 Å². The first-order valence-corrected chi connectivity index (χ1v) is 4.12. The van der Waals surface area contributed by atoms with E-state index in [4.69, 9.17) is 11.0 Å². The van der Waals surface area contributed by atoms with Crippen LogP contribution in [-0.4, -0.2) is 34.5 Å². The summed E-state index contributed by atoms with van der Waals surface area (Å²) in [6.45, 7) is -0.658. The van der Waals surface area contributed by atoms with Crippen LogP contribution in [0.3, 0.4) is 0 Å². The molecule has 78 valence electrons. The third-order valence-corrected chi connectivity index (χ3v) is 1.99. The highest BCUT2D eigenvalue weighted by Gasteiger charge is 2.34. The highest BCUT2D eigenvalue weighted by atomic mass is 16.4. The molecule has 0 aromatic rings. The van der Waals surface area contributed by atoms with Gasteiger partial charge in [-0.05, 0) is 20.2 Å². The minimum atomic E-state index is -2.70. The van der Waals surface area contributed by atoms with E-state index in [-0.39, 0.29) is 5.31 Å². The zero-order valence-corrected chi connectivity index (χ0v) is 7.83. The van der Waals surface area contributed by atoms with E-state index >= 15 is 0 Å². The highest BCUT2D eigenvalue weighted by Crippen LogP contribution is 2.29. The summed E-state index contributed by atoms with van der Waals surface area (Å²) in [7, 11) is 0. The molecule has 0 aromatic heterocycles. The average molecular weight is 204 g/mol. The molecular weight excluding hydrogens is 180 g/mol. The van der Waals surface area contributed by atoms with Crippen molar-refractivity contribution >= 4 is 5.97 Å². The Labute approximate surface area is 94.9 Å². The van der Waals surface area contributed by atoms with Crippen molar-refractivity contribution in [2.24, 2.45) is 0 Å². The fourth-order valence-corrected chi connectivity index (χ4v) is 1.40. The van der Waals surface area contributed by atoms with Crippen LogP contribution in [0.5, 0.6) is 0 Å². The molecule has 0 amide bonds. The summed E-state index contributed by atoms with van der Waals surface area (Å²) in [6.07, 6.45) is -4.63. The van der Waals surface area contributed by atoms with Crippen molar-refractivity contribution in [1.29, 1.82) is 0 Å². The smallest absolute Gasteiger partial charge is 0.335 e. The van der Waals surface area contributed by atoms with Crippen LogP contribution >= 0.6 is 0 Å². The molecule has 2 rings (SSSR count). The Morgan fingerprint density at radius 1 is 1.86 bits per heavy atom. The van der Waals surface area contributed by atoms with Crippen LogP contribution in [0.4, 0.5) is 0 Å². The van der Waals surface area contributed by atoms with Crippen LogP contribution in [0.25, 0.3) is 0 Å². The van der Waals surface area contributed by atoms with Crippen molar-refractivity contribution in [2.45, 2.75) is 38.7 Å². The van der Waals surface area contributed by atoms with E-state index in [1.807, 2.05) is 0 Å². The van der Waals surface area contributed by atoms with E-state index in [9.17, 15) is 9.90 Å². The Kier molecular flexibility index (Phi) is 0.855. The molecule has 0 aromatic carbocycles. The number of carboxylic acids is 1. The van der Waals surface area contributed by atoms with Gasteiger partial charge >= 0.3 is 5.97 Å². The molecule has 3 unspecified atom stereocenters. The maximum Gasteiger partial charge on any atom is 0.335 e. The number of nitrogens with one attached hydrogen (secondary N) is 1. The third kappa shape index (κ3) is 1.35. The van der Waals surface area contributed by atoms with E-state index < -0.39 is 48.7 Å². The van der Waals surface area contributed by atoms with Crippen molar-refractivity contribution in [3.05, 3.63) is 11.4 Å². The van der Waals surface area contributed by atoms with E-state index in [1.165, 1.54) is 0 Å². The van der Waals surface area contributed by atoms with Crippen molar-refractivity contribution < 1.29 is 20.9 Å².